The molecule has 1 saturated heterocycles. The standard InChI is InChI=1S/C21H40N2O2/c1-4-7-9-11-13-15-17-18(16-14-12-10-8-5-2)23-20(24)19(6-3)22-21(23)25/h18-19H,4-17H2,1-3H3,(H,22,25)/t18?,19-/m1/s1. The first-order valence-electron chi connectivity index (χ1n) is 10.8. The number of hydrogen-bond donors (Lipinski definition) is 1. The molecular formula is C21H40N2O2. The third-order valence-electron chi connectivity index (χ3n) is 5.36. The first kappa shape index (κ1) is 22.0. The number of carbonyl (C=O) groups is 2. The van der Waals surface area contributed by atoms with Crippen molar-refractivity contribution in [1.29, 1.82) is 0 Å². The van der Waals surface area contributed by atoms with Crippen LogP contribution in [0.5, 0.6) is 0 Å². The van der Waals surface area contributed by atoms with E-state index in [-0.39, 0.29) is 24.0 Å². The van der Waals surface area contributed by atoms with Gasteiger partial charge in [0.15, 0.2) is 0 Å². The van der Waals surface area contributed by atoms with Crippen molar-refractivity contribution in [2.45, 2.75) is 123 Å². The minimum absolute atomic E-state index is 0.00274. The molecule has 0 spiro atoms. The lowest BCUT2D eigenvalue weighted by atomic mass is 9.99. The molecule has 0 aromatic heterocycles. The second-order valence-corrected chi connectivity index (χ2v) is 7.53. The van der Waals surface area contributed by atoms with Crippen LogP contribution in [-0.4, -0.2) is 28.9 Å². The third kappa shape index (κ3) is 7.79. The van der Waals surface area contributed by atoms with Gasteiger partial charge in [-0.25, -0.2) is 4.79 Å². The van der Waals surface area contributed by atoms with Gasteiger partial charge in [0, 0.05) is 6.04 Å². The molecule has 0 radical (unpaired) electrons. The van der Waals surface area contributed by atoms with Crippen molar-refractivity contribution in [2.75, 3.05) is 0 Å². The van der Waals surface area contributed by atoms with Gasteiger partial charge in [-0.05, 0) is 19.3 Å². The molecule has 1 rings (SSSR count). The molecule has 0 aliphatic carbocycles. The summed E-state index contributed by atoms with van der Waals surface area (Å²) in [5, 5.41) is 2.85. The third-order valence-corrected chi connectivity index (χ3v) is 5.36. The van der Waals surface area contributed by atoms with Gasteiger partial charge < -0.3 is 5.32 Å². The zero-order valence-electron chi connectivity index (χ0n) is 16.8. The maximum absolute atomic E-state index is 12.5. The van der Waals surface area contributed by atoms with E-state index < -0.39 is 0 Å². The Morgan fingerprint density at radius 3 is 1.72 bits per heavy atom. The summed E-state index contributed by atoms with van der Waals surface area (Å²) in [7, 11) is 0. The number of amides is 3. The summed E-state index contributed by atoms with van der Waals surface area (Å²) in [5.74, 6) is -0.00274. The topological polar surface area (TPSA) is 49.4 Å². The Hall–Kier alpha value is -1.06. The van der Waals surface area contributed by atoms with Gasteiger partial charge in [-0.2, -0.15) is 0 Å². The number of imide groups is 1. The smallest absolute Gasteiger partial charge is 0.325 e. The second-order valence-electron chi connectivity index (χ2n) is 7.53. The Labute approximate surface area is 155 Å². The van der Waals surface area contributed by atoms with Gasteiger partial charge in [0.05, 0.1) is 0 Å². The number of urea groups is 1. The number of nitrogens with one attached hydrogen (secondary N) is 1. The van der Waals surface area contributed by atoms with Crippen LogP contribution in [0.4, 0.5) is 4.79 Å². The van der Waals surface area contributed by atoms with Gasteiger partial charge in [-0.1, -0.05) is 91.4 Å². The van der Waals surface area contributed by atoms with Crippen LogP contribution in [0, 0.1) is 0 Å². The van der Waals surface area contributed by atoms with Crippen LogP contribution in [0.3, 0.4) is 0 Å². The number of rotatable bonds is 15. The van der Waals surface area contributed by atoms with Crippen LogP contribution >= 0.6 is 0 Å². The molecule has 1 aliphatic rings. The Bertz CT molecular complexity index is 384. The first-order valence-corrected chi connectivity index (χ1v) is 10.8. The van der Waals surface area contributed by atoms with Gasteiger partial charge in [-0.15, -0.1) is 0 Å². The average Bonchev–Trinajstić information content (AvgIpc) is 2.90. The molecule has 0 bridgehead atoms. The minimum Gasteiger partial charge on any atom is -0.326 e. The van der Waals surface area contributed by atoms with Crippen LogP contribution in [0.25, 0.3) is 0 Å². The Balaban J connectivity index is 2.49. The van der Waals surface area contributed by atoms with E-state index in [1.54, 1.807) is 4.90 Å². The summed E-state index contributed by atoms with van der Waals surface area (Å²) in [6.45, 7) is 6.41. The molecule has 0 aromatic carbocycles. The van der Waals surface area contributed by atoms with E-state index in [2.05, 4.69) is 19.2 Å². The summed E-state index contributed by atoms with van der Waals surface area (Å²) >= 11 is 0. The maximum atomic E-state index is 12.5. The summed E-state index contributed by atoms with van der Waals surface area (Å²) in [6, 6.07) is -0.377. The molecule has 4 heteroatoms. The van der Waals surface area contributed by atoms with Crippen LogP contribution in [-0.2, 0) is 4.79 Å². The Morgan fingerprint density at radius 1 is 0.800 bits per heavy atom. The van der Waals surface area contributed by atoms with E-state index in [0.717, 1.165) is 25.7 Å². The van der Waals surface area contributed by atoms with Crippen molar-refractivity contribution in [2.24, 2.45) is 0 Å². The molecule has 1 heterocycles. The lowest BCUT2D eigenvalue weighted by Crippen LogP contribution is -2.41. The van der Waals surface area contributed by atoms with E-state index in [4.69, 9.17) is 0 Å². The molecule has 25 heavy (non-hydrogen) atoms. The van der Waals surface area contributed by atoms with E-state index in [0.29, 0.717) is 6.42 Å². The minimum atomic E-state index is -0.306. The molecule has 4 nitrogen and oxygen atoms in total. The molecule has 1 unspecified atom stereocenters. The van der Waals surface area contributed by atoms with E-state index in [1.165, 1.54) is 57.8 Å². The molecule has 1 fully saturated rings. The second kappa shape index (κ2) is 13.2. The van der Waals surface area contributed by atoms with Crippen molar-refractivity contribution in [3.05, 3.63) is 0 Å². The number of hydrogen-bond acceptors (Lipinski definition) is 2. The zero-order valence-corrected chi connectivity index (χ0v) is 16.8. The van der Waals surface area contributed by atoms with Crippen molar-refractivity contribution in [3.63, 3.8) is 0 Å². The molecule has 1 aliphatic heterocycles. The SMILES string of the molecule is CCCCCCCCC(CCCCCCC)N1C(=O)N[C@H](CC)C1=O. The van der Waals surface area contributed by atoms with Gasteiger partial charge >= 0.3 is 6.03 Å². The fourth-order valence-electron chi connectivity index (χ4n) is 3.72. The van der Waals surface area contributed by atoms with Gasteiger partial charge in [0.1, 0.15) is 6.04 Å². The summed E-state index contributed by atoms with van der Waals surface area (Å²) in [6.07, 6.45) is 16.2. The molecule has 0 aromatic rings. The molecule has 2 atom stereocenters. The number of unbranched alkanes of at least 4 members (excludes halogenated alkanes) is 9. The van der Waals surface area contributed by atoms with Gasteiger partial charge in [0.2, 0.25) is 0 Å². The predicted octanol–water partition coefficient (Wildman–Crippen LogP) is 5.80. The highest BCUT2D eigenvalue weighted by atomic mass is 16.2. The van der Waals surface area contributed by atoms with Crippen molar-refractivity contribution in [3.8, 4) is 0 Å². The Morgan fingerprint density at radius 2 is 1.28 bits per heavy atom. The zero-order chi connectivity index (χ0) is 18.5. The lowest BCUT2D eigenvalue weighted by Gasteiger charge is -2.25. The molecule has 0 saturated carbocycles. The summed E-state index contributed by atoms with van der Waals surface area (Å²) < 4.78 is 0. The van der Waals surface area contributed by atoms with E-state index in [9.17, 15) is 9.59 Å². The van der Waals surface area contributed by atoms with E-state index >= 15 is 0 Å². The Kier molecular flexibility index (Phi) is 11.6. The highest BCUT2D eigenvalue weighted by molar-refractivity contribution is 6.04. The molecule has 3 amide bonds. The summed E-state index contributed by atoms with van der Waals surface area (Å²) in [5.41, 5.74) is 0. The monoisotopic (exact) mass is 352 g/mol. The number of carbonyl (C=O) groups excluding carboxylic acids is 2. The molecule has 146 valence electrons. The van der Waals surface area contributed by atoms with Crippen molar-refractivity contribution < 1.29 is 9.59 Å². The average molecular weight is 353 g/mol. The fourth-order valence-corrected chi connectivity index (χ4v) is 3.72. The molecular weight excluding hydrogens is 312 g/mol. The fraction of sp³-hybridized carbons (Fsp3) is 0.905. The van der Waals surface area contributed by atoms with Crippen molar-refractivity contribution in [1.82, 2.24) is 10.2 Å². The highest BCUT2D eigenvalue weighted by Gasteiger charge is 2.40. The number of nitrogens with zero attached hydrogens (tertiary/aromatic N) is 1. The van der Waals surface area contributed by atoms with Crippen LogP contribution < -0.4 is 5.32 Å². The summed E-state index contributed by atoms with van der Waals surface area (Å²) in [4.78, 5) is 26.4. The first-order chi connectivity index (χ1) is 12.2. The highest BCUT2D eigenvalue weighted by Crippen LogP contribution is 2.22. The quantitative estimate of drug-likeness (QED) is 0.299. The lowest BCUT2D eigenvalue weighted by molar-refractivity contribution is -0.129. The normalized spacial score (nSPS) is 18.7. The maximum Gasteiger partial charge on any atom is 0.325 e. The van der Waals surface area contributed by atoms with Crippen LogP contribution in [0.1, 0.15) is 111 Å². The predicted molar refractivity (Wildman–Crippen MR) is 105 cm³/mol. The van der Waals surface area contributed by atoms with E-state index in [1.807, 2.05) is 6.92 Å². The van der Waals surface area contributed by atoms with Gasteiger partial charge in [-0.3, -0.25) is 9.69 Å². The molecule has 1 N–H and O–H groups in total. The van der Waals surface area contributed by atoms with Crippen LogP contribution in [0.15, 0.2) is 0 Å². The largest absolute Gasteiger partial charge is 0.326 e. The van der Waals surface area contributed by atoms with Crippen molar-refractivity contribution >= 4 is 11.9 Å². The van der Waals surface area contributed by atoms with Gasteiger partial charge in [0.25, 0.3) is 5.91 Å². The van der Waals surface area contributed by atoms with Crippen LogP contribution in [0.2, 0.25) is 0 Å².